The maximum Gasteiger partial charge on any atom is 0.233 e. The van der Waals surface area contributed by atoms with Crippen LogP contribution in [0, 0.1) is 0 Å². The fraction of sp³-hybridized carbons (Fsp3) is 0.462. The Kier molecular flexibility index (Phi) is 5.53. The van der Waals surface area contributed by atoms with Gasteiger partial charge in [-0.15, -0.1) is 0 Å². The Morgan fingerprint density at radius 3 is 2.56 bits per heavy atom. The first-order chi connectivity index (χ1) is 7.63. The van der Waals surface area contributed by atoms with E-state index in [0.29, 0.717) is 0 Å². The van der Waals surface area contributed by atoms with Gasteiger partial charge in [-0.25, -0.2) is 0 Å². The number of benzene rings is 1. The van der Waals surface area contributed by atoms with E-state index >= 15 is 0 Å². The SMILES string of the molecule is CCC(Br)C(=O)NC(C)Cc1ccccc1. The predicted octanol–water partition coefficient (Wildman–Crippen LogP) is 2.91. The lowest BCUT2D eigenvalue weighted by molar-refractivity contribution is -0.121. The lowest BCUT2D eigenvalue weighted by atomic mass is 10.1. The zero-order valence-corrected chi connectivity index (χ0v) is 11.3. The number of carbonyl (C=O) groups is 1. The third-order valence-electron chi connectivity index (χ3n) is 2.42. The Morgan fingerprint density at radius 1 is 1.38 bits per heavy atom. The smallest absolute Gasteiger partial charge is 0.233 e. The van der Waals surface area contributed by atoms with E-state index in [-0.39, 0.29) is 16.8 Å². The second-order valence-electron chi connectivity index (χ2n) is 3.98. The molecular weight excluding hydrogens is 266 g/mol. The first-order valence-corrected chi connectivity index (χ1v) is 6.53. The van der Waals surface area contributed by atoms with E-state index < -0.39 is 0 Å². The number of nitrogens with one attached hydrogen (secondary N) is 1. The van der Waals surface area contributed by atoms with Crippen molar-refractivity contribution in [3.8, 4) is 0 Å². The molecule has 1 N–H and O–H groups in total. The van der Waals surface area contributed by atoms with Gasteiger partial charge in [0.05, 0.1) is 4.83 Å². The lowest BCUT2D eigenvalue weighted by Crippen LogP contribution is -2.38. The summed E-state index contributed by atoms with van der Waals surface area (Å²) in [4.78, 5) is 11.5. The summed E-state index contributed by atoms with van der Waals surface area (Å²) in [6, 6.07) is 10.4. The maximum atomic E-state index is 11.6. The summed E-state index contributed by atoms with van der Waals surface area (Å²) in [7, 11) is 0. The fourth-order valence-electron chi connectivity index (χ4n) is 1.54. The molecule has 16 heavy (non-hydrogen) atoms. The van der Waals surface area contributed by atoms with Gasteiger partial charge in [-0.1, -0.05) is 53.2 Å². The summed E-state index contributed by atoms with van der Waals surface area (Å²) < 4.78 is 0. The highest BCUT2D eigenvalue weighted by molar-refractivity contribution is 9.10. The van der Waals surface area contributed by atoms with Crippen molar-refractivity contribution >= 4 is 21.8 Å². The van der Waals surface area contributed by atoms with E-state index in [1.807, 2.05) is 32.0 Å². The number of halogens is 1. The highest BCUT2D eigenvalue weighted by Crippen LogP contribution is 2.06. The van der Waals surface area contributed by atoms with Crippen LogP contribution in [-0.4, -0.2) is 16.8 Å². The Hall–Kier alpha value is -0.830. The van der Waals surface area contributed by atoms with Gasteiger partial charge in [-0.05, 0) is 25.3 Å². The zero-order valence-electron chi connectivity index (χ0n) is 9.74. The number of carbonyl (C=O) groups excluding carboxylic acids is 1. The first kappa shape index (κ1) is 13.2. The van der Waals surface area contributed by atoms with Crippen LogP contribution in [0.25, 0.3) is 0 Å². The van der Waals surface area contributed by atoms with Crippen LogP contribution in [0.1, 0.15) is 25.8 Å². The van der Waals surface area contributed by atoms with Crippen LogP contribution in [0.15, 0.2) is 30.3 Å². The topological polar surface area (TPSA) is 29.1 Å². The van der Waals surface area contributed by atoms with Crippen LogP contribution in [-0.2, 0) is 11.2 Å². The molecule has 0 saturated heterocycles. The highest BCUT2D eigenvalue weighted by atomic mass is 79.9. The van der Waals surface area contributed by atoms with Crippen molar-refractivity contribution in [2.24, 2.45) is 0 Å². The summed E-state index contributed by atoms with van der Waals surface area (Å²) in [5, 5.41) is 2.99. The second-order valence-corrected chi connectivity index (χ2v) is 5.08. The molecule has 88 valence electrons. The molecule has 1 rings (SSSR count). The fourth-order valence-corrected chi connectivity index (χ4v) is 1.67. The van der Waals surface area contributed by atoms with Gasteiger partial charge < -0.3 is 5.32 Å². The van der Waals surface area contributed by atoms with E-state index in [1.165, 1.54) is 5.56 Å². The molecule has 3 heteroatoms. The van der Waals surface area contributed by atoms with Crippen LogP contribution in [0.3, 0.4) is 0 Å². The number of rotatable bonds is 5. The van der Waals surface area contributed by atoms with Crippen LogP contribution in [0.4, 0.5) is 0 Å². The van der Waals surface area contributed by atoms with E-state index in [4.69, 9.17) is 0 Å². The molecule has 2 nitrogen and oxygen atoms in total. The maximum absolute atomic E-state index is 11.6. The molecule has 0 spiro atoms. The molecule has 0 aliphatic rings. The molecule has 0 aliphatic carbocycles. The minimum atomic E-state index is -0.0780. The van der Waals surface area contributed by atoms with Crippen molar-refractivity contribution < 1.29 is 4.79 Å². The van der Waals surface area contributed by atoms with Crippen molar-refractivity contribution in [1.82, 2.24) is 5.32 Å². The average Bonchev–Trinajstić information content (AvgIpc) is 2.29. The van der Waals surface area contributed by atoms with Gasteiger partial charge in [0.2, 0.25) is 5.91 Å². The summed E-state index contributed by atoms with van der Waals surface area (Å²) in [5.41, 5.74) is 1.25. The van der Waals surface area contributed by atoms with E-state index in [1.54, 1.807) is 0 Å². The third kappa shape index (κ3) is 4.35. The van der Waals surface area contributed by atoms with Crippen LogP contribution in [0.5, 0.6) is 0 Å². The first-order valence-electron chi connectivity index (χ1n) is 5.61. The summed E-state index contributed by atoms with van der Waals surface area (Å²) >= 11 is 3.34. The Balaban J connectivity index is 2.42. The van der Waals surface area contributed by atoms with Crippen molar-refractivity contribution in [3.05, 3.63) is 35.9 Å². The minimum Gasteiger partial charge on any atom is -0.352 e. The van der Waals surface area contributed by atoms with Gasteiger partial charge in [-0.3, -0.25) is 4.79 Å². The van der Waals surface area contributed by atoms with Gasteiger partial charge in [-0.2, -0.15) is 0 Å². The standard InChI is InChI=1S/C13H18BrNO/c1-3-12(14)13(16)15-10(2)9-11-7-5-4-6-8-11/h4-8,10,12H,3,9H2,1-2H3,(H,15,16). The molecule has 0 radical (unpaired) electrons. The van der Waals surface area contributed by atoms with Crippen LogP contribution < -0.4 is 5.32 Å². The predicted molar refractivity (Wildman–Crippen MR) is 70.8 cm³/mol. The normalized spacial score (nSPS) is 14.2. The van der Waals surface area contributed by atoms with Crippen molar-refractivity contribution in [1.29, 1.82) is 0 Å². The molecular formula is C13H18BrNO. The quantitative estimate of drug-likeness (QED) is 0.828. The lowest BCUT2D eigenvalue weighted by Gasteiger charge is -2.16. The van der Waals surface area contributed by atoms with Crippen molar-refractivity contribution in [3.63, 3.8) is 0 Å². The number of hydrogen-bond acceptors (Lipinski definition) is 1. The molecule has 0 aliphatic heterocycles. The van der Waals surface area contributed by atoms with E-state index in [0.717, 1.165) is 12.8 Å². The van der Waals surface area contributed by atoms with Gasteiger partial charge in [0.25, 0.3) is 0 Å². The van der Waals surface area contributed by atoms with Crippen LogP contribution in [0.2, 0.25) is 0 Å². The number of hydrogen-bond donors (Lipinski definition) is 1. The summed E-state index contributed by atoms with van der Waals surface area (Å²) in [6.07, 6.45) is 1.68. The number of alkyl halides is 1. The van der Waals surface area contributed by atoms with Gasteiger partial charge in [0.15, 0.2) is 0 Å². The molecule has 0 heterocycles. The van der Waals surface area contributed by atoms with Crippen molar-refractivity contribution in [2.75, 3.05) is 0 Å². The highest BCUT2D eigenvalue weighted by Gasteiger charge is 2.14. The molecule has 1 aromatic carbocycles. The monoisotopic (exact) mass is 283 g/mol. The average molecular weight is 284 g/mol. The number of amides is 1. The minimum absolute atomic E-state index is 0.0749. The third-order valence-corrected chi connectivity index (χ3v) is 3.48. The molecule has 0 bridgehead atoms. The van der Waals surface area contributed by atoms with E-state index in [9.17, 15) is 4.79 Å². The van der Waals surface area contributed by atoms with Gasteiger partial charge in [0, 0.05) is 6.04 Å². The summed E-state index contributed by atoms with van der Waals surface area (Å²) in [5.74, 6) is 0.0749. The Labute approximate surface area is 106 Å². The van der Waals surface area contributed by atoms with Gasteiger partial charge in [0.1, 0.15) is 0 Å². The molecule has 0 fully saturated rings. The van der Waals surface area contributed by atoms with E-state index in [2.05, 4.69) is 33.4 Å². The molecule has 0 aromatic heterocycles. The van der Waals surface area contributed by atoms with Crippen LogP contribution >= 0.6 is 15.9 Å². The zero-order chi connectivity index (χ0) is 12.0. The molecule has 1 amide bonds. The molecule has 2 unspecified atom stereocenters. The summed E-state index contributed by atoms with van der Waals surface area (Å²) in [6.45, 7) is 4.02. The largest absolute Gasteiger partial charge is 0.352 e. The molecule has 1 aromatic rings. The Morgan fingerprint density at radius 2 is 2.00 bits per heavy atom. The second kappa shape index (κ2) is 6.69. The van der Waals surface area contributed by atoms with Crippen molar-refractivity contribution in [2.45, 2.75) is 37.6 Å². The van der Waals surface area contributed by atoms with Gasteiger partial charge >= 0.3 is 0 Å². The Bertz CT molecular complexity index is 326. The molecule has 0 saturated carbocycles. The molecule has 2 atom stereocenters.